The molecular weight excluding hydrogens is 1500 g/mol. The van der Waals surface area contributed by atoms with Crippen LogP contribution in [0, 0.1) is 0 Å². The summed E-state index contributed by atoms with van der Waals surface area (Å²) in [4.78, 5) is 0. The molecule has 3 N–H and O–H groups in total. The normalized spacial score (nSPS) is 11.5. The van der Waals surface area contributed by atoms with Gasteiger partial charge in [0.15, 0.2) is 0 Å². The Morgan fingerprint density at radius 2 is 0.786 bits per heavy atom. The van der Waals surface area contributed by atoms with E-state index in [1.165, 1.54) is 32.4 Å². The van der Waals surface area contributed by atoms with Crippen molar-refractivity contribution in [3.8, 4) is 0 Å². The predicted octanol–water partition coefficient (Wildman–Crippen LogP) is 0.847. The molecule has 2 rings (SSSR count). The van der Waals surface area contributed by atoms with E-state index in [1.54, 1.807) is 0 Å². The van der Waals surface area contributed by atoms with Crippen LogP contribution in [0.25, 0.3) is 0 Å². The summed E-state index contributed by atoms with van der Waals surface area (Å²) in [6.07, 6.45) is 6.30. The minimum absolute atomic E-state index is 0. The van der Waals surface area contributed by atoms with Crippen molar-refractivity contribution in [3.63, 3.8) is 0 Å². The monoisotopic (exact) mass is 1520 g/mol. The topological polar surface area (TPSA) is 47.3 Å². The Kier molecular flexibility index (Phi) is 292. The van der Waals surface area contributed by atoms with Crippen molar-refractivity contribution in [3.05, 3.63) is 0 Å². The summed E-state index contributed by atoms with van der Waals surface area (Å²) in [7, 11) is 0. The molecule has 0 amide bonds. The van der Waals surface area contributed by atoms with Gasteiger partial charge in [-0.3, -0.25) is 0 Å². The molecule has 18 heteroatoms. The Bertz CT molecular complexity index is 126. The average Bonchev–Trinajstić information content (AvgIpc) is 2.22. The molecule has 28 heavy (non-hydrogen) atoms. The fourth-order valence-corrected chi connectivity index (χ4v) is 1.52. The zero-order chi connectivity index (χ0) is 9.36. The van der Waals surface area contributed by atoms with Crippen LogP contribution in [0.4, 0.5) is 0 Å². The van der Waals surface area contributed by atoms with E-state index >= 15 is 0 Å². The summed E-state index contributed by atoms with van der Waals surface area (Å²) in [6, 6.07) is 0.411. The maximum Gasteiger partial charge on any atom is 0.0480 e. The van der Waals surface area contributed by atoms with Crippen molar-refractivity contribution in [2.75, 3.05) is 26.3 Å². The van der Waals surface area contributed by atoms with Gasteiger partial charge in [0.25, 0.3) is 0 Å². The van der Waals surface area contributed by atoms with Gasteiger partial charge in [0.2, 0.25) is 0 Å². The van der Waals surface area contributed by atoms with Crippen LogP contribution in [-0.4, -0.2) is 32.3 Å². The maximum absolute atomic E-state index is 5.55. The van der Waals surface area contributed by atoms with Gasteiger partial charge in [-0.2, -0.15) is 0 Å². The molecule has 2 aliphatic rings. The smallest absolute Gasteiger partial charge is 0.0480 e. The molecule has 0 atom stereocenters. The third kappa shape index (κ3) is 78.7. The largest absolute Gasteiger partial charge is 0.381 e. The van der Waals surface area contributed by atoms with Gasteiger partial charge in [-0.25, -0.2) is 0 Å². The van der Waals surface area contributed by atoms with Gasteiger partial charge < -0.3 is 15.8 Å². The summed E-state index contributed by atoms with van der Waals surface area (Å²) >= 11 is 0. The van der Waals surface area contributed by atoms with E-state index in [9.17, 15) is 0 Å². The van der Waals surface area contributed by atoms with Gasteiger partial charge in [0.05, 0.1) is 0 Å². The van der Waals surface area contributed by atoms with Crippen LogP contribution < -0.4 is 11.1 Å². The van der Waals surface area contributed by atoms with Crippen LogP contribution in [0.15, 0.2) is 0 Å². The molecule has 0 unspecified atom stereocenters. The molecule has 2 fully saturated rings. The molecule has 0 aromatic heterocycles. The molecule has 2 saturated heterocycles. The molecule has 123 valence electrons. The van der Waals surface area contributed by atoms with Crippen LogP contribution in [0.5, 0.6) is 0 Å². The van der Waals surface area contributed by atoms with E-state index in [0.717, 1.165) is 26.1 Å². The van der Waals surface area contributed by atoms with Gasteiger partial charge in [-0.15, -0.1) is 0 Å². The van der Waals surface area contributed by atoms with Gasteiger partial charge >= 0.3 is 0 Å². The quantitative estimate of drug-likeness (QED) is 0.379. The summed E-state index contributed by atoms with van der Waals surface area (Å²) in [5, 5.41) is 3.28. The maximum atomic E-state index is 5.55. The Morgan fingerprint density at radius 1 is 0.500 bits per heavy atom. The van der Waals surface area contributed by atoms with E-state index < -0.39 is 0 Å². The Hall–Kier alpha value is 16.4. The molecule has 0 aromatic carbocycles. The fraction of sp³-hybridized carbons (Fsp3) is 1.00. The summed E-state index contributed by atoms with van der Waals surface area (Å²) < 4.78 is 5.06. The molecule has 0 saturated carbocycles. The van der Waals surface area contributed by atoms with E-state index in [4.69, 9.17) is 10.5 Å². The second kappa shape index (κ2) is 84.4. The summed E-state index contributed by atoms with van der Waals surface area (Å²) in [5.41, 5.74) is 5.55. The summed E-state index contributed by atoms with van der Waals surface area (Å²) in [5.74, 6) is 0. The minimum Gasteiger partial charge on any atom is -0.381 e. The van der Waals surface area contributed by atoms with Crippen LogP contribution in [0.1, 0.15) is 32.1 Å². The van der Waals surface area contributed by atoms with Crippen molar-refractivity contribution >= 4 is 0 Å². The van der Waals surface area contributed by atoms with Gasteiger partial charge in [-0.1, -0.05) is 6.42 Å². The number of ether oxygens (including phenoxy) is 1. The molecule has 15 radical (unpaired) electrons. The molecule has 0 bridgehead atoms. The first-order chi connectivity index (χ1) is 6.39. The molecule has 2 aliphatic heterocycles. The molecule has 3 nitrogen and oxygen atoms in total. The van der Waals surface area contributed by atoms with E-state index in [1.807, 2.05) is 0 Å². The van der Waals surface area contributed by atoms with Gasteiger partial charge in [0, 0.05) is 510 Å². The van der Waals surface area contributed by atoms with Crippen LogP contribution in [-0.2, 0) is 495 Å². The third-order valence-corrected chi connectivity index (χ3v) is 2.47. The number of hydrogen-bond acceptors (Lipinski definition) is 3. The summed E-state index contributed by atoms with van der Waals surface area (Å²) in [6.45, 7) is 4.22. The Labute approximate surface area is 552 Å². The van der Waals surface area contributed by atoms with Crippen molar-refractivity contribution in [1.82, 2.24) is 5.32 Å². The number of piperidine rings is 1. The molecular formula is C10H22N2OY15. The van der Waals surface area contributed by atoms with Crippen molar-refractivity contribution in [2.24, 2.45) is 5.73 Å². The van der Waals surface area contributed by atoms with E-state index in [2.05, 4.69) is 5.32 Å². The third-order valence-electron chi connectivity index (χ3n) is 2.47. The van der Waals surface area contributed by atoms with Crippen LogP contribution in [0.2, 0.25) is 0 Å². The first-order valence-electron chi connectivity index (χ1n) is 5.43. The molecule has 0 spiro atoms. The molecule has 2 heterocycles. The number of hydrogen-bond donors (Lipinski definition) is 2. The number of nitrogens with two attached hydrogens (primary N) is 1. The standard InChI is InChI=1S/C5H11NO.C5H11N.15Y/c6-5-1-3-7-4-2-5;1-2-4-6-5-3-1;;;;;;;;;;;;;;;/h5H,1-4,6H2;6H,1-5H2;;;;;;;;;;;;;;;. The van der Waals surface area contributed by atoms with Crippen LogP contribution in [0.3, 0.4) is 0 Å². The fourth-order valence-electron chi connectivity index (χ4n) is 1.52. The zero-order valence-electron chi connectivity index (χ0n) is 17.1. The molecule has 0 aliphatic carbocycles. The number of nitrogens with one attached hydrogen (secondary N) is 1. The predicted molar refractivity (Wildman–Crippen MR) is 54.7 cm³/mol. The van der Waals surface area contributed by atoms with Gasteiger partial charge in [0.1, 0.15) is 0 Å². The second-order valence-corrected chi connectivity index (χ2v) is 3.76. The van der Waals surface area contributed by atoms with Crippen molar-refractivity contribution in [2.45, 2.75) is 38.1 Å². The minimum atomic E-state index is 0. The van der Waals surface area contributed by atoms with Crippen LogP contribution >= 0.6 is 0 Å². The SMILES string of the molecule is C1CCNCC1.NC1CCOCC1.[Y].[Y].[Y].[Y].[Y].[Y].[Y].[Y].[Y].[Y].[Y].[Y].[Y].[Y].[Y]. The zero-order valence-corrected chi connectivity index (χ0v) is 59.7. The van der Waals surface area contributed by atoms with Crippen molar-refractivity contribution in [1.29, 1.82) is 0 Å². The van der Waals surface area contributed by atoms with Gasteiger partial charge in [-0.05, 0) is 38.8 Å². The van der Waals surface area contributed by atoms with Crippen molar-refractivity contribution < 1.29 is 495 Å². The molecule has 0 aromatic rings. The van der Waals surface area contributed by atoms with E-state index in [0.29, 0.717) is 6.04 Å². The average molecular weight is 1520 g/mol. The second-order valence-electron chi connectivity index (χ2n) is 3.76. The Balaban J connectivity index is -0.00000000606. The Morgan fingerprint density at radius 3 is 0.893 bits per heavy atom. The first-order valence-corrected chi connectivity index (χ1v) is 5.43. The van der Waals surface area contributed by atoms with E-state index in [-0.39, 0.29) is 491 Å². The number of rotatable bonds is 0. The first kappa shape index (κ1) is 96.8.